The molecule has 0 aliphatic carbocycles. The van der Waals surface area contributed by atoms with Crippen LogP contribution in [0.4, 0.5) is 4.39 Å². The molecule has 2 aromatic heterocycles. The molecule has 2 aromatic rings. The van der Waals surface area contributed by atoms with Gasteiger partial charge in [-0.2, -0.15) is 0 Å². The number of halogens is 2. The van der Waals surface area contributed by atoms with Crippen molar-refractivity contribution in [2.45, 2.75) is 26.9 Å². The van der Waals surface area contributed by atoms with Crippen molar-refractivity contribution in [1.29, 1.82) is 0 Å². The summed E-state index contributed by atoms with van der Waals surface area (Å²) in [5.41, 5.74) is 1.32. The third-order valence-electron chi connectivity index (χ3n) is 2.39. The van der Waals surface area contributed by atoms with Crippen molar-refractivity contribution in [3.8, 4) is 17.1 Å². The zero-order valence-corrected chi connectivity index (χ0v) is 11.6. The smallest absolute Gasteiger partial charge is 0.223 e. The molecule has 0 spiro atoms. The van der Waals surface area contributed by atoms with E-state index in [4.69, 9.17) is 16.3 Å². The van der Waals surface area contributed by atoms with Crippen LogP contribution in [0.5, 0.6) is 5.88 Å². The number of pyridine rings is 1. The molecule has 0 fully saturated rings. The van der Waals surface area contributed by atoms with Gasteiger partial charge in [0.2, 0.25) is 11.2 Å². The molecule has 0 N–H and O–H groups in total. The quantitative estimate of drug-likeness (QED) is 0.809. The highest BCUT2D eigenvalue weighted by molar-refractivity contribution is 6.28. The molecule has 0 saturated heterocycles. The fourth-order valence-corrected chi connectivity index (χ4v) is 1.76. The maximum Gasteiger partial charge on any atom is 0.223 e. The van der Waals surface area contributed by atoms with E-state index >= 15 is 0 Å². The van der Waals surface area contributed by atoms with Crippen LogP contribution in [-0.4, -0.2) is 21.1 Å². The van der Waals surface area contributed by atoms with Crippen LogP contribution in [0, 0.1) is 12.7 Å². The van der Waals surface area contributed by atoms with E-state index in [1.54, 1.807) is 19.1 Å². The summed E-state index contributed by atoms with van der Waals surface area (Å²) in [5, 5.41) is -0.00157. The van der Waals surface area contributed by atoms with Crippen LogP contribution in [0.3, 0.4) is 0 Å². The van der Waals surface area contributed by atoms with E-state index in [0.29, 0.717) is 17.1 Å². The normalized spacial score (nSPS) is 10.8. The Bertz CT molecular complexity index is 604. The van der Waals surface area contributed by atoms with Crippen LogP contribution in [-0.2, 0) is 0 Å². The van der Waals surface area contributed by atoms with Gasteiger partial charge in [0.05, 0.1) is 18.0 Å². The summed E-state index contributed by atoms with van der Waals surface area (Å²) in [6, 6.07) is 3.39. The van der Waals surface area contributed by atoms with Gasteiger partial charge in [-0.15, -0.1) is 0 Å². The molecule has 0 aromatic carbocycles. The number of hydrogen-bond donors (Lipinski definition) is 0. The van der Waals surface area contributed by atoms with Crippen molar-refractivity contribution in [2.75, 3.05) is 0 Å². The monoisotopic (exact) mass is 281 g/mol. The molecular formula is C13H13ClFN3O. The minimum Gasteiger partial charge on any atom is -0.475 e. The van der Waals surface area contributed by atoms with Gasteiger partial charge in [0, 0.05) is 11.6 Å². The van der Waals surface area contributed by atoms with Gasteiger partial charge < -0.3 is 4.74 Å². The number of ether oxygens (including phenoxy) is 1. The second-order valence-electron chi connectivity index (χ2n) is 4.28. The van der Waals surface area contributed by atoms with E-state index in [9.17, 15) is 4.39 Å². The van der Waals surface area contributed by atoms with Gasteiger partial charge in [0.15, 0.2) is 5.82 Å². The Morgan fingerprint density at radius 1 is 1.26 bits per heavy atom. The Balaban J connectivity index is 2.43. The average Bonchev–Trinajstić information content (AvgIpc) is 2.32. The van der Waals surface area contributed by atoms with Crippen LogP contribution < -0.4 is 4.74 Å². The Hall–Kier alpha value is -1.75. The fraction of sp³-hybridized carbons (Fsp3) is 0.308. The van der Waals surface area contributed by atoms with E-state index in [2.05, 4.69) is 15.0 Å². The summed E-state index contributed by atoms with van der Waals surface area (Å²) in [7, 11) is 0. The van der Waals surface area contributed by atoms with E-state index in [-0.39, 0.29) is 17.1 Å². The third-order valence-corrected chi connectivity index (χ3v) is 2.57. The predicted octanol–water partition coefficient (Wildman–Crippen LogP) is 3.43. The minimum absolute atomic E-state index is 0.00157. The molecule has 100 valence electrons. The van der Waals surface area contributed by atoms with Crippen LogP contribution in [0.2, 0.25) is 5.28 Å². The molecule has 0 saturated carbocycles. The minimum atomic E-state index is -0.535. The molecule has 4 nitrogen and oxygen atoms in total. The standard InChI is InChI=1S/C13H13ClFN3O/c1-7(2)19-11-5-4-9(8(3)17-11)12-10(15)6-16-13(14)18-12/h4-7H,1-3H3. The number of nitrogens with zero attached hydrogens (tertiary/aromatic N) is 3. The molecule has 0 aliphatic heterocycles. The molecule has 0 unspecified atom stereocenters. The second kappa shape index (κ2) is 5.48. The van der Waals surface area contributed by atoms with Crippen molar-refractivity contribution < 1.29 is 9.13 Å². The van der Waals surface area contributed by atoms with Gasteiger partial charge >= 0.3 is 0 Å². The highest BCUT2D eigenvalue weighted by atomic mass is 35.5. The summed E-state index contributed by atoms with van der Waals surface area (Å²) in [6.07, 6.45) is 1.07. The molecule has 0 radical (unpaired) electrons. The van der Waals surface area contributed by atoms with Crippen molar-refractivity contribution in [3.05, 3.63) is 35.1 Å². The summed E-state index contributed by atoms with van der Waals surface area (Å²) >= 11 is 5.69. The van der Waals surface area contributed by atoms with Gasteiger partial charge in [0.25, 0.3) is 0 Å². The Kier molecular flexibility index (Phi) is 3.95. The van der Waals surface area contributed by atoms with Gasteiger partial charge in [-0.3, -0.25) is 0 Å². The van der Waals surface area contributed by atoms with Crippen LogP contribution in [0.25, 0.3) is 11.3 Å². The summed E-state index contributed by atoms with van der Waals surface area (Å²) in [4.78, 5) is 11.7. The fourth-order valence-electron chi connectivity index (χ4n) is 1.63. The maximum atomic E-state index is 13.7. The lowest BCUT2D eigenvalue weighted by Gasteiger charge is -2.11. The zero-order valence-electron chi connectivity index (χ0n) is 10.8. The number of rotatable bonds is 3. The lowest BCUT2D eigenvalue weighted by Crippen LogP contribution is -2.07. The summed E-state index contributed by atoms with van der Waals surface area (Å²) in [5.74, 6) is -0.0383. The highest BCUT2D eigenvalue weighted by Crippen LogP contribution is 2.25. The first-order valence-electron chi connectivity index (χ1n) is 5.80. The maximum absolute atomic E-state index is 13.7. The van der Waals surface area contributed by atoms with Crippen molar-refractivity contribution in [3.63, 3.8) is 0 Å². The van der Waals surface area contributed by atoms with Gasteiger partial charge in [-0.25, -0.2) is 19.3 Å². The van der Waals surface area contributed by atoms with Crippen LogP contribution in [0.15, 0.2) is 18.3 Å². The average molecular weight is 282 g/mol. The Morgan fingerprint density at radius 3 is 2.63 bits per heavy atom. The lowest BCUT2D eigenvalue weighted by atomic mass is 10.1. The number of aromatic nitrogens is 3. The van der Waals surface area contributed by atoms with E-state index in [1.165, 1.54) is 0 Å². The largest absolute Gasteiger partial charge is 0.475 e. The molecule has 2 heterocycles. The zero-order chi connectivity index (χ0) is 14.0. The van der Waals surface area contributed by atoms with E-state index in [0.717, 1.165) is 6.20 Å². The van der Waals surface area contributed by atoms with Gasteiger partial charge in [-0.1, -0.05) is 0 Å². The lowest BCUT2D eigenvalue weighted by molar-refractivity contribution is 0.232. The van der Waals surface area contributed by atoms with Crippen molar-refractivity contribution >= 4 is 11.6 Å². The third kappa shape index (κ3) is 3.17. The molecule has 0 atom stereocenters. The highest BCUT2D eigenvalue weighted by Gasteiger charge is 2.13. The molecular weight excluding hydrogens is 269 g/mol. The first kappa shape index (κ1) is 13.7. The topological polar surface area (TPSA) is 47.9 Å². The Morgan fingerprint density at radius 2 is 2.00 bits per heavy atom. The first-order chi connectivity index (χ1) is 8.97. The summed E-state index contributed by atoms with van der Waals surface area (Å²) < 4.78 is 19.2. The van der Waals surface area contributed by atoms with Crippen molar-refractivity contribution in [2.24, 2.45) is 0 Å². The summed E-state index contributed by atoms with van der Waals surface area (Å²) in [6.45, 7) is 5.58. The molecule has 19 heavy (non-hydrogen) atoms. The number of hydrogen-bond acceptors (Lipinski definition) is 4. The number of aryl methyl sites for hydroxylation is 1. The molecule has 0 bridgehead atoms. The second-order valence-corrected chi connectivity index (χ2v) is 4.62. The molecule has 0 aliphatic rings. The van der Waals surface area contributed by atoms with E-state index < -0.39 is 5.82 Å². The SMILES string of the molecule is Cc1nc(OC(C)C)ccc1-c1nc(Cl)ncc1F. The van der Waals surface area contributed by atoms with E-state index in [1.807, 2.05) is 13.8 Å². The van der Waals surface area contributed by atoms with Crippen molar-refractivity contribution in [1.82, 2.24) is 15.0 Å². The molecule has 0 amide bonds. The predicted molar refractivity (Wildman–Crippen MR) is 70.7 cm³/mol. The molecule has 6 heteroatoms. The van der Waals surface area contributed by atoms with Gasteiger partial charge in [0.1, 0.15) is 5.69 Å². The Labute approximate surface area is 115 Å². The molecule has 2 rings (SSSR count). The van der Waals surface area contributed by atoms with Crippen LogP contribution >= 0.6 is 11.6 Å². The van der Waals surface area contributed by atoms with Crippen LogP contribution in [0.1, 0.15) is 19.5 Å². The first-order valence-corrected chi connectivity index (χ1v) is 6.18. The van der Waals surface area contributed by atoms with Gasteiger partial charge in [-0.05, 0) is 38.4 Å².